The van der Waals surface area contributed by atoms with Crippen LogP contribution in [0.15, 0.2) is 60.8 Å². The highest BCUT2D eigenvalue weighted by Gasteiger charge is 2.09. The van der Waals surface area contributed by atoms with E-state index in [0.29, 0.717) is 17.0 Å². The molecule has 0 saturated heterocycles. The molecule has 0 unspecified atom stereocenters. The van der Waals surface area contributed by atoms with E-state index in [1.54, 1.807) is 19.4 Å². The van der Waals surface area contributed by atoms with Crippen LogP contribution in [0.5, 0.6) is 5.75 Å². The van der Waals surface area contributed by atoms with E-state index in [4.69, 9.17) is 4.74 Å². The smallest absolute Gasteiger partial charge is 0.157 e. The fourth-order valence-electron chi connectivity index (χ4n) is 2.63. The lowest BCUT2D eigenvalue weighted by Gasteiger charge is -2.04. The second-order valence-corrected chi connectivity index (χ2v) is 5.42. The number of H-pyrrole nitrogens is 1. The molecule has 0 atom stereocenters. The third-order valence-corrected chi connectivity index (χ3v) is 3.84. The number of nitrogens with one attached hydrogen (secondary N) is 1. The van der Waals surface area contributed by atoms with Gasteiger partial charge in [-0.2, -0.15) is 0 Å². The van der Waals surface area contributed by atoms with Crippen LogP contribution in [0.3, 0.4) is 0 Å². The molecule has 4 nitrogen and oxygen atoms in total. The van der Waals surface area contributed by atoms with Gasteiger partial charge in [-0.25, -0.2) is 14.4 Å². The number of pyridine rings is 1. The first kappa shape index (κ1) is 14.4. The lowest BCUT2D eigenvalue weighted by molar-refractivity contribution is 0.415. The first-order chi connectivity index (χ1) is 11.7. The van der Waals surface area contributed by atoms with Crippen LogP contribution >= 0.6 is 0 Å². The van der Waals surface area contributed by atoms with E-state index >= 15 is 0 Å². The predicted octanol–water partition coefficient (Wildman–Crippen LogP) is 4.44. The summed E-state index contributed by atoms with van der Waals surface area (Å²) >= 11 is 0. The van der Waals surface area contributed by atoms with Crippen molar-refractivity contribution in [1.82, 2.24) is 15.0 Å². The van der Waals surface area contributed by atoms with Gasteiger partial charge in [0.15, 0.2) is 5.65 Å². The summed E-state index contributed by atoms with van der Waals surface area (Å²) in [5.41, 5.74) is 4.03. The van der Waals surface area contributed by atoms with Crippen molar-refractivity contribution in [3.8, 4) is 28.3 Å². The molecular weight excluding hydrogens is 305 g/mol. The van der Waals surface area contributed by atoms with E-state index in [0.717, 1.165) is 22.4 Å². The van der Waals surface area contributed by atoms with Crippen LogP contribution in [0.25, 0.3) is 33.7 Å². The Kier molecular flexibility index (Phi) is 3.46. The molecule has 2 aromatic carbocycles. The highest BCUT2D eigenvalue weighted by atomic mass is 19.1. The molecule has 2 heterocycles. The van der Waals surface area contributed by atoms with E-state index in [1.807, 2.05) is 36.4 Å². The Morgan fingerprint density at radius 3 is 2.62 bits per heavy atom. The molecular formula is C19H14FN3O. The average molecular weight is 319 g/mol. The fraction of sp³-hybridized carbons (Fsp3) is 0.0526. The Labute approximate surface area is 138 Å². The third kappa shape index (κ3) is 2.60. The minimum absolute atomic E-state index is 0.294. The summed E-state index contributed by atoms with van der Waals surface area (Å²) < 4.78 is 18.7. The van der Waals surface area contributed by atoms with Crippen LogP contribution in [0.2, 0.25) is 0 Å². The summed E-state index contributed by atoms with van der Waals surface area (Å²) in [4.78, 5) is 12.1. The van der Waals surface area contributed by atoms with Crippen molar-refractivity contribution in [2.24, 2.45) is 0 Å². The summed E-state index contributed by atoms with van der Waals surface area (Å²) in [5.74, 6) is 1.09. The van der Waals surface area contributed by atoms with Gasteiger partial charge in [0, 0.05) is 17.3 Å². The van der Waals surface area contributed by atoms with E-state index in [9.17, 15) is 4.39 Å². The van der Waals surface area contributed by atoms with Crippen molar-refractivity contribution in [2.75, 3.05) is 7.11 Å². The van der Waals surface area contributed by atoms with Crippen LogP contribution in [-0.4, -0.2) is 22.1 Å². The number of imidazole rings is 1. The number of aromatic amines is 1. The Bertz CT molecular complexity index is 1030. The first-order valence-electron chi connectivity index (χ1n) is 7.49. The molecule has 0 fully saturated rings. The molecule has 0 amide bonds. The van der Waals surface area contributed by atoms with E-state index in [1.165, 1.54) is 12.1 Å². The molecule has 0 aliphatic carbocycles. The Balaban J connectivity index is 1.78. The van der Waals surface area contributed by atoms with Crippen molar-refractivity contribution in [3.05, 3.63) is 66.6 Å². The van der Waals surface area contributed by atoms with Crippen molar-refractivity contribution in [2.45, 2.75) is 0 Å². The van der Waals surface area contributed by atoms with Crippen LogP contribution in [0.4, 0.5) is 4.39 Å². The number of rotatable bonds is 3. The van der Waals surface area contributed by atoms with Crippen molar-refractivity contribution < 1.29 is 9.13 Å². The van der Waals surface area contributed by atoms with Gasteiger partial charge in [-0.3, -0.25) is 0 Å². The number of methoxy groups -OCH3 is 1. The van der Waals surface area contributed by atoms with E-state index in [2.05, 4.69) is 15.0 Å². The standard InChI is InChI=1S/C19H14FN3O/c1-24-16-7-3-4-12(9-16)14-10-17-19(21-11-14)23-18(22-17)13-5-2-6-15(20)8-13/h2-11H,1H3,(H,21,22,23). The van der Waals surface area contributed by atoms with Gasteiger partial charge in [0.25, 0.3) is 0 Å². The molecule has 2 aromatic heterocycles. The molecule has 5 heteroatoms. The van der Waals surface area contributed by atoms with Crippen molar-refractivity contribution >= 4 is 11.2 Å². The number of hydrogen-bond acceptors (Lipinski definition) is 3. The highest BCUT2D eigenvalue weighted by Crippen LogP contribution is 2.26. The first-order valence-corrected chi connectivity index (χ1v) is 7.49. The van der Waals surface area contributed by atoms with Gasteiger partial charge in [0.1, 0.15) is 22.9 Å². The molecule has 24 heavy (non-hydrogen) atoms. The number of benzene rings is 2. The lowest BCUT2D eigenvalue weighted by atomic mass is 10.1. The van der Waals surface area contributed by atoms with Crippen LogP contribution in [0.1, 0.15) is 0 Å². The monoisotopic (exact) mass is 319 g/mol. The molecule has 0 spiro atoms. The third-order valence-electron chi connectivity index (χ3n) is 3.84. The zero-order valence-electron chi connectivity index (χ0n) is 13.0. The summed E-state index contributed by atoms with van der Waals surface area (Å²) in [5, 5.41) is 0. The van der Waals surface area contributed by atoms with Gasteiger partial charge in [0.05, 0.1) is 7.11 Å². The number of ether oxygens (including phenoxy) is 1. The molecule has 0 saturated carbocycles. The van der Waals surface area contributed by atoms with Crippen LogP contribution < -0.4 is 4.74 Å². The second kappa shape index (κ2) is 5.77. The maximum absolute atomic E-state index is 13.4. The molecule has 0 radical (unpaired) electrons. The molecule has 4 rings (SSSR count). The summed E-state index contributed by atoms with van der Waals surface area (Å²) in [6.45, 7) is 0. The van der Waals surface area contributed by atoms with Gasteiger partial charge in [-0.15, -0.1) is 0 Å². The average Bonchev–Trinajstić information content (AvgIpc) is 3.05. The van der Waals surface area contributed by atoms with Gasteiger partial charge in [-0.1, -0.05) is 24.3 Å². The quantitative estimate of drug-likeness (QED) is 0.607. The summed E-state index contributed by atoms with van der Waals surface area (Å²) in [6.07, 6.45) is 1.78. The van der Waals surface area contributed by atoms with Crippen molar-refractivity contribution in [3.63, 3.8) is 0 Å². The second-order valence-electron chi connectivity index (χ2n) is 5.42. The lowest BCUT2D eigenvalue weighted by Crippen LogP contribution is -1.85. The Morgan fingerprint density at radius 1 is 0.958 bits per heavy atom. The minimum atomic E-state index is -0.294. The van der Waals surface area contributed by atoms with Gasteiger partial charge in [0.2, 0.25) is 0 Å². The highest BCUT2D eigenvalue weighted by molar-refractivity contribution is 5.81. The predicted molar refractivity (Wildman–Crippen MR) is 91.3 cm³/mol. The molecule has 118 valence electrons. The molecule has 0 aliphatic rings. The summed E-state index contributed by atoms with van der Waals surface area (Å²) in [6, 6.07) is 16.0. The largest absolute Gasteiger partial charge is 0.497 e. The van der Waals surface area contributed by atoms with Gasteiger partial charge in [-0.05, 0) is 35.9 Å². The Morgan fingerprint density at radius 2 is 1.79 bits per heavy atom. The maximum atomic E-state index is 13.4. The molecule has 0 bridgehead atoms. The Hall–Kier alpha value is -3.21. The maximum Gasteiger partial charge on any atom is 0.157 e. The number of nitrogens with zero attached hydrogens (tertiary/aromatic N) is 2. The zero-order valence-corrected chi connectivity index (χ0v) is 13.0. The molecule has 0 aliphatic heterocycles. The van der Waals surface area contributed by atoms with Crippen molar-refractivity contribution in [1.29, 1.82) is 0 Å². The number of fused-ring (bicyclic) bond motifs is 1. The fourth-order valence-corrected chi connectivity index (χ4v) is 2.63. The number of aromatic nitrogens is 3. The summed E-state index contributed by atoms with van der Waals surface area (Å²) in [7, 11) is 1.64. The number of hydrogen-bond donors (Lipinski definition) is 1. The SMILES string of the molecule is COc1cccc(-c2cnc3[nH]c(-c4cccc(F)c4)nc3c2)c1. The van der Waals surface area contributed by atoms with E-state index in [-0.39, 0.29) is 5.82 Å². The van der Waals surface area contributed by atoms with Gasteiger partial charge < -0.3 is 9.72 Å². The van der Waals surface area contributed by atoms with E-state index < -0.39 is 0 Å². The molecule has 1 N–H and O–H groups in total. The minimum Gasteiger partial charge on any atom is -0.497 e. The topological polar surface area (TPSA) is 50.8 Å². The number of halogens is 1. The van der Waals surface area contributed by atoms with Crippen LogP contribution in [-0.2, 0) is 0 Å². The zero-order chi connectivity index (χ0) is 16.5. The molecule has 4 aromatic rings. The van der Waals surface area contributed by atoms with Crippen LogP contribution in [0, 0.1) is 5.82 Å². The normalized spacial score (nSPS) is 10.9. The van der Waals surface area contributed by atoms with Gasteiger partial charge >= 0.3 is 0 Å².